The van der Waals surface area contributed by atoms with Crippen molar-refractivity contribution in [3.63, 3.8) is 0 Å². The quantitative estimate of drug-likeness (QED) is 0.175. The number of hydrogen-bond acceptors (Lipinski definition) is 7. The van der Waals surface area contributed by atoms with E-state index in [1.807, 2.05) is 5.32 Å². The third-order valence-electron chi connectivity index (χ3n) is 3.29. The second kappa shape index (κ2) is 12.2. The molecular weight excluding hydrogens is 334 g/mol. The first-order valence-corrected chi connectivity index (χ1v) is 7.89. The normalized spacial score (nSPS) is 14.1. The Labute approximate surface area is 145 Å². The number of unbranched alkanes of at least 4 members (excludes halogenated alkanes) is 1. The Morgan fingerprint density at radius 1 is 1.04 bits per heavy atom. The number of aliphatic hydroxyl groups excluding tert-OH is 1. The Bertz CT molecular complexity index is 473. The fourth-order valence-corrected chi connectivity index (χ4v) is 1.80. The van der Waals surface area contributed by atoms with Gasteiger partial charge in [-0.3, -0.25) is 19.2 Å². The number of nitrogens with two attached hydrogens (primary N) is 2. The Kier molecular flexibility index (Phi) is 11.1. The van der Waals surface area contributed by atoms with Gasteiger partial charge in [0.25, 0.3) is 0 Å². The van der Waals surface area contributed by atoms with Gasteiger partial charge in [0.15, 0.2) is 0 Å². The minimum atomic E-state index is -1.33. The molecule has 0 radical (unpaired) electrons. The number of amides is 3. The topological polar surface area (TPSA) is 197 Å². The van der Waals surface area contributed by atoms with Gasteiger partial charge >= 0.3 is 5.97 Å². The van der Waals surface area contributed by atoms with Gasteiger partial charge in [0.05, 0.1) is 12.6 Å². The van der Waals surface area contributed by atoms with E-state index in [-0.39, 0.29) is 0 Å². The van der Waals surface area contributed by atoms with Crippen molar-refractivity contribution in [1.29, 1.82) is 0 Å². The van der Waals surface area contributed by atoms with Crippen molar-refractivity contribution in [3.8, 4) is 0 Å². The van der Waals surface area contributed by atoms with Crippen LogP contribution >= 0.6 is 0 Å². The van der Waals surface area contributed by atoms with Crippen LogP contribution in [0.2, 0.25) is 0 Å². The maximum atomic E-state index is 12.0. The molecule has 25 heavy (non-hydrogen) atoms. The lowest BCUT2D eigenvalue weighted by Gasteiger charge is -2.20. The lowest BCUT2D eigenvalue weighted by molar-refractivity contribution is -0.138. The van der Waals surface area contributed by atoms with Crippen LogP contribution in [0.15, 0.2) is 0 Å². The van der Waals surface area contributed by atoms with Gasteiger partial charge in [0.2, 0.25) is 17.7 Å². The van der Waals surface area contributed by atoms with Crippen molar-refractivity contribution in [2.24, 2.45) is 11.5 Å². The second-order valence-electron chi connectivity index (χ2n) is 5.48. The molecule has 0 aromatic heterocycles. The Balaban J connectivity index is 4.44. The third kappa shape index (κ3) is 9.59. The number of carboxylic acid groups (broad SMARTS) is 1. The van der Waals surface area contributed by atoms with Gasteiger partial charge < -0.3 is 37.6 Å². The van der Waals surface area contributed by atoms with Gasteiger partial charge in [0.1, 0.15) is 18.6 Å². The molecule has 0 aliphatic carbocycles. The fraction of sp³-hybridized carbons (Fsp3) is 0.714. The molecule has 0 aliphatic rings. The van der Waals surface area contributed by atoms with E-state index in [1.165, 1.54) is 6.92 Å². The number of hydrogen-bond donors (Lipinski definition) is 7. The third-order valence-corrected chi connectivity index (χ3v) is 3.29. The van der Waals surface area contributed by atoms with Gasteiger partial charge in [-0.05, 0) is 26.3 Å². The molecule has 0 spiro atoms. The minimum Gasteiger partial charge on any atom is -0.480 e. The molecule has 11 heteroatoms. The molecule has 0 fully saturated rings. The smallest absolute Gasteiger partial charge is 0.322 e. The number of carbonyl (C=O) groups is 4. The molecule has 144 valence electrons. The Morgan fingerprint density at radius 3 is 2.20 bits per heavy atom. The highest BCUT2D eigenvalue weighted by atomic mass is 16.4. The first kappa shape index (κ1) is 22.8. The van der Waals surface area contributed by atoms with Crippen molar-refractivity contribution < 1.29 is 29.4 Å². The zero-order valence-electron chi connectivity index (χ0n) is 14.2. The monoisotopic (exact) mass is 361 g/mol. The first-order valence-electron chi connectivity index (χ1n) is 7.89. The summed E-state index contributed by atoms with van der Waals surface area (Å²) in [5.41, 5.74) is 11.1. The van der Waals surface area contributed by atoms with Crippen LogP contribution in [0.1, 0.15) is 26.2 Å². The van der Waals surface area contributed by atoms with Crippen LogP contribution in [0.3, 0.4) is 0 Å². The summed E-state index contributed by atoms with van der Waals surface area (Å²) >= 11 is 0. The van der Waals surface area contributed by atoms with E-state index >= 15 is 0 Å². The first-order chi connectivity index (χ1) is 11.7. The Morgan fingerprint density at radius 2 is 1.68 bits per heavy atom. The number of carbonyl (C=O) groups excluding carboxylic acids is 3. The second-order valence-corrected chi connectivity index (χ2v) is 5.48. The van der Waals surface area contributed by atoms with E-state index < -0.39 is 55.0 Å². The zero-order valence-corrected chi connectivity index (χ0v) is 14.2. The molecule has 3 unspecified atom stereocenters. The van der Waals surface area contributed by atoms with Crippen molar-refractivity contribution in [1.82, 2.24) is 16.0 Å². The van der Waals surface area contributed by atoms with Gasteiger partial charge in [0, 0.05) is 0 Å². The summed E-state index contributed by atoms with van der Waals surface area (Å²) < 4.78 is 0. The van der Waals surface area contributed by atoms with Gasteiger partial charge in [-0.2, -0.15) is 0 Å². The largest absolute Gasteiger partial charge is 0.480 e. The molecular formula is C14H27N5O6. The van der Waals surface area contributed by atoms with Gasteiger partial charge in [-0.15, -0.1) is 0 Å². The van der Waals surface area contributed by atoms with Crippen LogP contribution in [-0.4, -0.2) is 71.7 Å². The molecule has 0 saturated heterocycles. The summed E-state index contributed by atoms with van der Waals surface area (Å²) in [5.74, 6) is -3.35. The lowest BCUT2D eigenvalue weighted by Crippen LogP contribution is -2.56. The molecule has 0 aromatic carbocycles. The molecule has 0 rings (SSSR count). The van der Waals surface area contributed by atoms with Crippen LogP contribution < -0.4 is 27.4 Å². The van der Waals surface area contributed by atoms with E-state index in [2.05, 4.69) is 10.6 Å². The lowest BCUT2D eigenvalue weighted by atomic mass is 10.1. The summed E-state index contributed by atoms with van der Waals surface area (Å²) in [6.07, 6.45) is 1.84. The highest BCUT2D eigenvalue weighted by molar-refractivity contribution is 5.93. The predicted molar refractivity (Wildman–Crippen MR) is 88.1 cm³/mol. The SMILES string of the molecule is CC(NC(=O)C(N)CCCCN)C(=O)NC(CO)C(=O)NCC(=O)O. The maximum absolute atomic E-state index is 12.0. The number of aliphatic hydroxyl groups is 1. The predicted octanol–water partition coefficient (Wildman–Crippen LogP) is -3.37. The zero-order chi connectivity index (χ0) is 19.4. The van der Waals surface area contributed by atoms with Crippen LogP contribution in [0, 0.1) is 0 Å². The average molecular weight is 361 g/mol. The molecule has 3 atom stereocenters. The van der Waals surface area contributed by atoms with Crippen LogP contribution in [0.5, 0.6) is 0 Å². The highest BCUT2D eigenvalue weighted by Crippen LogP contribution is 1.99. The van der Waals surface area contributed by atoms with Crippen molar-refractivity contribution >= 4 is 23.7 Å². The van der Waals surface area contributed by atoms with E-state index in [0.29, 0.717) is 19.4 Å². The summed E-state index contributed by atoms with van der Waals surface area (Å²) in [7, 11) is 0. The van der Waals surface area contributed by atoms with Gasteiger partial charge in [-0.25, -0.2) is 0 Å². The molecule has 0 aliphatic heterocycles. The summed E-state index contributed by atoms with van der Waals surface area (Å²) in [6, 6.07) is -3.10. The molecule has 0 heterocycles. The fourth-order valence-electron chi connectivity index (χ4n) is 1.80. The maximum Gasteiger partial charge on any atom is 0.322 e. The van der Waals surface area contributed by atoms with Gasteiger partial charge in [-0.1, -0.05) is 6.42 Å². The van der Waals surface area contributed by atoms with E-state index in [0.717, 1.165) is 6.42 Å². The van der Waals surface area contributed by atoms with Crippen molar-refractivity contribution in [2.45, 2.75) is 44.3 Å². The van der Waals surface area contributed by atoms with Crippen LogP contribution in [-0.2, 0) is 19.2 Å². The molecule has 0 aromatic rings. The van der Waals surface area contributed by atoms with E-state index in [4.69, 9.17) is 21.7 Å². The number of carboxylic acids is 1. The molecule has 0 saturated carbocycles. The van der Waals surface area contributed by atoms with Crippen molar-refractivity contribution in [2.75, 3.05) is 19.7 Å². The highest BCUT2D eigenvalue weighted by Gasteiger charge is 2.25. The molecule has 3 amide bonds. The molecule has 9 N–H and O–H groups in total. The van der Waals surface area contributed by atoms with E-state index in [1.54, 1.807) is 0 Å². The van der Waals surface area contributed by atoms with E-state index in [9.17, 15) is 19.2 Å². The molecule has 11 nitrogen and oxygen atoms in total. The Hall–Kier alpha value is -2.24. The number of aliphatic carboxylic acids is 1. The standard InChI is InChI=1S/C14H27N5O6/c1-8(18-13(24)9(16)4-2-3-5-15)12(23)19-10(7-20)14(25)17-6-11(21)22/h8-10,20H,2-7,15-16H2,1H3,(H,17,25)(H,18,24)(H,19,23)(H,21,22). The summed E-state index contributed by atoms with van der Waals surface area (Å²) in [4.78, 5) is 45.9. The van der Waals surface area contributed by atoms with Crippen LogP contribution in [0.4, 0.5) is 0 Å². The minimum absolute atomic E-state index is 0.425. The summed E-state index contributed by atoms with van der Waals surface area (Å²) in [5, 5.41) is 24.3. The van der Waals surface area contributed by atoms with Crippen LogP contribution in [0.25, 0.3) is 0 Å². The number of nitrogens with one attached hydrogen (secondary N) is 3. The number of rotatable bonds is 12. The van der Waals surface area contributed by atoms with Crippen molar-refractivity contribution in [3.05, 3.63) is 0 Å². The summed E-state index contributed by atoms with van der Waals surface area (Å²) in [6.45, 7) is 0.522. The average Bonchev–Trinajstić information content (AvgIpc) is 2.56. The molecule has 0 bridgehead atoms.